The quantitative estimate of drug-likeness (QED) is 0.772. The first-order chi connectivity index (χ1) is 6.58. The van der Waals surface area contributed by atoms with Crippen LogP contribution in [0.2, 0.25) is 5.15 Å². The predicted octanol–water partition coefficient (Wildman–Crippen LogP) is 3.58. The predicted molar refractivity (Wildman–Crippen MR) is 61.8 cm³/mol. The second-order valence-electron chi connectivity index (χ2n) is 4.04. The Morgan fingerprint density at radius 2 is 2.07 bits per heavy atom. The molecule has 0 spiro atoms. The maximum atomic E-state index is 5.69. The molecular weight excluding hydrogens is 196 g/mol. The van der Waals surface area contributed by atoms with Crippen molar-refractivity contribution in [3.63, 3.8) is 0 Å². The zero-order valence-corrected chi connectivity index (χ0v) is 9.67. The maximum Gasteiger partial charge on any atom is 0.129 e. The lowest BCUT2D eigenvalue weighted by atomic mass is 10.1. The van der Waals surface area contributed by atoms with Gasteiger partial charge in [0.1, 0.15) is 5.15 Å². The third-order valence-electron chi connectivity index (χ3n) is 1.97. The lowest BCUT2D eigenvalue weighted by Crippen LogP contribution is -2.17. The Kier molecular flexibility index (Phi) is 4.21. The molecule has 1 heterocycles. The van der Waals surface area contributed by atoms with Crippen LogP contribution in [-0.4, -0.2) is 11.0 Å². The molecule has 0 aliphatic carbocycles. The summed E-state index contributed by atoms with van der Waals surface area (Å²) in [7, 11) is 0. The van der Waals surface area contributed by atoms with E-state index >= 15 is 0 Å². The van der Waals surface area contributed by atoms with Crippen molar-refractivity contribution in [2.75, 3.05) is 5.32 Å². The summed E-state index contributed by atoms with van der Waals surface area (Å²) in [5.74, 6) is 0.706. The van der Waals surface area contributed by atoms with Crippen LogP contribution in [0.15, 0.2) is 18.3 Å². The molecule has 1 aromatic heterocycles. The number of hydrogen-bond donors (Lipinski definition) is 1. The van der Waals surface area contributed by atoms with Crippen molar-refractivity contribution < 1.29 is 0 Å². The van der Waals surface area contributed by atoms with E-state index in [1.54, 1.807) is 12.3 Å². The van der Waals surface area contributed by atoms with Crippen LogP contribution in [-0.2, 0) is 0 Å². The third kappa shape index (κ3) is 3.97. The summed E-state index contributed by atoms with van der Waals surface area (Å²) >= 11 is 5.69. The fraction of sp³-hybridized carbons (Fsp3) is 0.545. The topological polar surface area (TPSA) is 24.9 Å². The average molecular weight is 213 g/mol. The fourth-order valence-electron chi connectivity index (χ4n) is 1.51. The van der Waals surface area contributed by atoms with Crippen molar-refractivity contribution >= 4 is 17.3 Å². The number of rotatable bonds is 4. The summed E-state index contributed by atoms with van der Waals surface area (Å²) in [6, 6.07) is 4.22. The van der Waals surface area contributed by atoms with E-state index < -0.39 is 0 Å². The third-order valence-corrected chi connectivity index (χ3v) is 2.19. The number of pyridine rings is 1. The first kappa shape index (κ1) is 11.3. The van der Waals surface area contributed by atoms with Gasteiger partial charge < -0.3 is 5.32 Å². The molecule has 0 aliphatic heterocycles. The fourth-order valence-corrected chi connectivity index (χ4v) is 1.62. The minimum absolute atomic E-state index is 0.470. The molecule has 1 atom stereocenters. The van der Waals surface area contributed by atoms with E-state index in [0.717, 1.165) is 12.1 Å². The van der Waals surface area contributed by atoms with Gasteiger partial charge in [-0.15, -0.1) is 0 Å². The molecule has 1 rings (SSSR count). The number of hydrogen-bond acceptors (Lipinski definition) is 2. The smallest absolute Gasteiger partial charge is 0.129 e. The van der Waals surface area contributed by atoms with Gasteiger partial charge in [-0.2, -0.15) is 0 Å². The summed E-state index contributed by atoms with van der Waals surface area (Å²) in [6.45, 7) is 6.62. The van der Waals surface area contributed by atoms with Crippen LogP contribution < -0.4 is 5.32 Å². The van der Waals surface area contributed by atoms with Gasteiger partial charge in [-0.25, -0.2) is 4.98 Å². The summed E-state index contributed by atoms with van der Waals surface area (Å²) < 4.78 is 0. The zero-order valence-electron chi connectivity index (χ0n) is 8.92. The van der Waals surface area contributed by atoms with Gasteiger partial charge in [-0.3, -0.25) is 0 Å². The molecule has 3 heteroatoms. The Morgan fingerprint density at radius 1 is 1.36 bits per heavy atom. The highest BCUT2D eigenvalue weighted by atomic mass is 35.5. The van der Waals surface area contributed by atoms with E-state index in [0.29, 0.717) is 17.1 Å². The molecule has 0 aliphatic rings. The van der Waals surface area contributed by atoms with Crippen molar-refractivity contribution in [2.24, 2.45) is 5.92 Å². The van der Waals surface area contributed by atoms with Crippen molar-refractivity contribution in [1.29, 1.82) is 0 Å². The second-order valence-corrected chi connectivity index (χ2v) is 4.43. The minimum atomic E-state index is 0.470. The largest absolute Gasteiger partial charge is 0.381 e. The van der Waals surface area contributed by atoms with Crippen molar-refractivity contribution in [3.05, 3.63) is 23.5 Å². The van der Waals surface area contributed by atoms with Gasteiger partial charge in [0.05, 0.1) is 11.9 Å². The molecule has 0 saturated carbocycles. The summed E-state index contributed by atoms with van der Waals surface area (Å²) in [5.41, 5.74) is 1.03. The molecule has 2 nitrogen and oxygen atoms in total. The normalized spacial score (nSPS) is 12.9. The average Bonchev–Trinajstić information content (AvgIpc) is 2.07. The van der Waals surface area contributed by atoms with Crippen LogP contribution in [0.5, 0.6) is 0 Å². The Bertz CT molecular complexity index is 269. The van der Waals surface area contributed by atoms with Crippen LogP contribution in [0.1, 0.15) is 27.2 Å². The molecule has 78 valence electrons. The van der Waals surface area contributed by atoms with Gasteiger partial charge in [-0.1, -0.05) is 25.4 Å². The van der Waals surface area contributed by atoms with Gasteiger partial charge in [-0.05, 0) is 31.4 Å². The van der Waals surface area contributed by atoms with E-state index in [1.165, 1.54) is 0 Å². The van der Waals surface area contributed by atoms with Gasteiger partial charge in [0.25, 0.3) is 0 Å². The Balaban J connectivity index is 2.47. The summed E-state index contributed by atoms with van der Waals surface area (Å²) in [4.78, 5) is 4.01. The first-order valence-electron chi connectivity index (χ1n) is 4.96. The monoisotopic (exact) mass is 212 g/mol. The molecule has 1 N–H and O–H groups in total. The van der Waals surface area contributed by atoms with Gasteiger partial charge in [0.2, 0.25) is 0 Å². The number of nitrogens with one attached hydrogen (secondary N) is 1. The lowest BCUT2D eigenvalue weighted by molar-refractivity contribution is 0.539. The molecular formula is C11H17ClN2. The van der Waals surface area contributed by atoms with E-state index in [-0.39, 0.29) is 0 Å². The molecule has 0 aromatic carbocycles. The highest BCUT2D eigenvalue weighted by molar-refractivity contribution is 6.29. The van der Waals surface area contributed by atoms with Gasteiger partial charge in [0, 0.05) is 6.04 Å². The van der Waals surface area contributed by atoms with Crippen LogP contribution >= 0.6 is 11.6 Å². The number of halogens is 1. The number of anilines is 1. The molecule has 14 heavy (non-hydrogen) atoms. The second kappa shape index (κ2) is 5.20. The molecule has 0 saturated heterocycles. The number of aromatic nitrogens is 1. The lowest BCUT2D eigenvalue weighted by Gasteiger charge is -2.16. The molecule has 0 fully saturated rings. The van der Waals surface area contributed by atoms with E-state index in [9.17, 15) is 0 Å². The molecule has 1 unspecified atom stereocenters. The zero-order chi connectivity index (χ0) is 10.6. The van der Waals surface area contributed by atoms with Crippen molar-refractivity contribution in [1.82, 2.24) is 4.98 Å². The van der Waals surface area contributed by atoms with E-state index in [1.807, 2.05) is 6.07 Å². The molecule has 0 radical (unpaired) electrons. The highest BCUT2D eigenvalue weighted by Crippen LogP contribution is 2.13. The number of nitrogens with zero attached hydrogens (tertiary/aromatic N) is 1. The van der Waals surface area contributed by atoms with Crippen molar-refractivity contribution in [3.8, 4) is 0 Å². The van der Waals surface area contributed by atoms with E-state index in [2.05, 4.69) is 31.1 Å². The van der Waals surface area contributed by atoms with Gasteiger partial charge >= 0.3 is 0 Å². The standard InChI is InChI=1S/C11H17ClN2/c1-8(2)6-9(3)14-10-4-5-11(12)13-7-10/h4-5,7-9,14H,6H2,1-3H3. The highest BCUT2D eigenvalue weighted by Gasteiger charge is 2.04. The Hall–Kier alpha value is -0.760. The summed E-state index contributed by atoms with van der Waals surface area (Å²) in [5, 5.41) is 3.91. The van der Waals surface area contributed by atoms with Gasteiger partial charge in [0.15, 0.2) is 0 Å². The van der Waals surface area contributed by atoms with Crippen LogP contribution in [0.25, 0.3) is 0 Å². The Morgan fingerprint density at radius 3 is 2.57 bits per heavy atom. The molecule has 0 amide bonds. The van der Waals surface area contributed by atoms with Crippen LogP contribution in [0.4, 0.5) is 5.69 Å². The summed E-state index contributed by atoms with van der Waals surface area (Å²) in [6.07, 6.45) is 2.92. The van der Waals surface area contributed by atoms with Crippen LogP contribution in [0.3, 0.4) is 0 Å². The molecule has 1 aromatic rings. The van der Waals surface area contributed by atoms with E-state index in [4.69, 9.17) is 11.6 Å². The SMILES string of the molecule is CC(C)CC(C)Nc1ccc(Cl)nc1. The minimum Gasteiger partial charge on any atom is -0.381 e. The Labute approximate surface area is 90.7 Å². The molecule has 0 bridgehead atoms. The first-order valence-corrected chi connectivity index (χ1v) is 5.34. The van der Waals surface area contributed by atoms with Crippen LogP contribution in [0, 0.1) is 5.92 Å². The maximum absolute atomic E-state index is 5.69. The van der Waals surface area contributed by atoms with Crippen molar-refractivity contribution in [2.45, 2.75) is 33.2 Å².